The van der Waals surface area contributed by atoms with Crippen molar-refractivity contribution in [2.24, 2.45) is 7.05 Å². The molecule has 1 amide bonds. The van der Waals surface area contributed by atoms with Gasteiger partial charge in [-0.3, -0.25) is 9.69 Å². The zero-order valence-corrected chi connectivity index (χ0v) is 14.2. The van der Waals surface area contributed by atoms with E-state index in [1.54, 1.807) is 23.9 Å². The van der Waals surface area contributed by atoms with Crippen LogP contribution in [0.25, 0.3) is 11.0 Å². The second-order valence-corrected chi connectivity index (χ2v) is 6.04. The average molecular weight is 329 g/mol. The Balaban J connectivity index is 1.74. The van der Waals surface area contributed by atoms with Crippen molar-refractivity contribution in [1.82, 2.24) is 25.2 Å². The van der Waals surface area contributed by atoms with Crippen LogP contribution in [0.15, 0.2) is 24.8 Å². The minimum atomic E-state index is -0.148. The van der Waals surface area contributed by atoms with Crippen LogP contribution in [0.5, 0.6) is 5.75 Å². The third-order valence-corrected chi connectivity index (χ3v) is 4.54. The van der Waals surface area contributed by atoms with Crippen LogP contribution in [0.2, 0.25) is 0 Å². The molecule has 1 N–H and O–H groups in total. The topological polar surface area (TPSA) is 72.3 Å². The van der Waals surface area contributed by atoms with Crippen LogP contribution < -0.4 is 10.1 Å². The molecule has 1 aliphatic rings. The first-order valence-electron chi connectivity index (χ1n) is 8.14. The molecule has 1 aliphatic heterocycles. The van der Waals surface area contributed by atoms with Crippen molar-refractivity contribution in [1.29, 1.82) is 0 Å². The number of aromatic nitrogens is 3. The first kappa shape index (κ1) is 16.4. The standard InChI is InChI=1S/C17H23N5O2/c1-4-7-22-8-5-6-12(22)11-18-17(23)13-9-14-15(10-16(13)24-3)21(2)20-19-14/h4,9-10,12H,1,5-8,11H2,2-3H3,(H,18,23). The molecule has 0 spiro atoms. The number of amides is 1. The van der Waals surface area contributed by atoms with E-state index in [4.69, 9.17) is 4.74 Å². The monoisotopic (exact) mass is 329 g/mol. The van der Waals surface area contributed by atoms with Gasteiger partial charge in [-0.2, -0.15) is 0 Å². The maximum absolute atomic E-state index is 12.6. The number of benzene rings is 1. The van der Waals surface area contributed by atoms with Crippen molar-refractivity contribution in [3.63, 3.8) is 0 Å². The van der Waals surface area contributed by atoms with Crippen LogP contribution in [0, 0.1) is 0 Å². The highest BCUT2D eigenvalue weighted by atomic mass is 16.5. The smallest absolute Gasteiger partial charge is 0.255 e. The fourth-order valence-corrected chi connectivity index (χ4v) is 3.24. The van der Waals surface area contributed by atoms with Crippen molar-refractivity contribution in [3.05, 3.63) is 30.4 Å². The summed E-state index contributed by atoms with van der Waals surface area (Å²) >= 11 is 0. The predicted molar refractivity (Wildman–Crippen MR) is 92.2 cm³/mol. The molecule has 1 fully saturated rings. The molecule has 3 rings (SSSR count). The zero-order chi connectivity index (χ0) is 17.1. The van der Waals surface area contributed by atoms with Gasteiger partial charge in [-0.1, -0.05) is 11.3 Å². The number of aryl methyl sites for hydroxylation is 1. The Morgan fingerprint density at radius 3 is 3.12 bits per heavy atom. The van der Waals surface area contributed by atoms with Crippen LogP contribution in [0.3, 0.4) is 0 Å². The van der Waals surface area contributed by atoms with Crippen molar-refractivity contribution >= 4 is 16.9 Å². The maximum atomic E-state index is 12.6. The predicted octanol–water partition coefficient (Wildman–Crippen LogP) is 1.36. The molecule has 2 heterocycles. The van der Waals surface area contributed by atoms with Gasteiger partial charge in [0.05, 0.1) is 18.2 Å². The lowest BCUT2D eigenvalue weighted by Gasteiger charge is -2.23. The van der Waals surface area contributed by atoms with Gasteiger partial charge in [0.15, 0.2) is 0 Å². The molecule has 0 aliphatic carbocycles. The van der Waals surface area contributed by atoms with Crippen LogP contribution in [0.1, 0.15) is 23.2 Å². The molecule has 1 atom stereocenters. The summed E-state index contributed by atoms with van der Waals surface area (Å²) in [5, 5.41) is 11.1. The zero-order valence-electron chi connectivity index (χ0n) is 14.2. The van der Waals surface area contributed by atoms with Crippen molar-refractivity contribution < 1.29 is 9.53 Å². The summed E-state index contributed by atoms with van der Waals surface area (Å²) in [6, 6.07) is 3.88. The summed E-state index contributed by atoms with van der Waals surface area (Å²) < 4.78 is 7.04. The van der Waals surface area contributed by atoms with E-state index in [0.717, 1.165) is 31.4 Å². The molecule has 1 unspecified atom stereocenters. The summed E-state index contributed by atoms with van der Waals surface area (Å²) in [5.74, 6) is 0.379. The van der Waals surface area contributed by atoms with Gasteiger partial charge >= 0.3 is 0 Å². The number of carbonyl (C=O) groups is 1. The van der Waals surface area contributed by atoms with Crippen LogP contribution >= 0.6 is 0 Å². The fraction of sp³-hybridized carbons (Fsp3) is 0.471. The van der Waals surface area contributed by atoms with E-state index in [0.29, 0.717) is 29.4 Å². The van der Waals surface area contributed by atoms with Gasteiger partial charge in [-0.05, 0) is 25.5 Å². The maximum Gasteiger partial charge on any atom is 0.255 e. The van der Waals surface area contributed by atoms with Gasteiger partial charge in [0.1, 0.15) is 11.3 Å². The lowest BCUT2D eigenvalue weighted by Crippen LogP contribution is -2.40. The first-order valence-corrected chi connectivity index (χ1v) is 8.14. The van der Waals surface area contributed by atoms with Crippen molar-refractivity contribution in [3.8, 4) is 5.75 Å². The molecule has 2 aromatic rings. The number of hydrogen-bond donors (Lipinski definition) is 1. The quantitative estimate of drug-likeness (QED) is 0.810. The highest BCUT2D eigenvalue weighted by Crippen LogP contribution is 2.24. The Bertz CT molecular complexity index is 755. The highest BCUT2D eigenvalue weighted by molar-refractivity contribution is 6.00. The number of ether oxygens (including phenoxy) is 1. The Morgan fingerprint density at radius 1 is 1.54 bits per heavy atom. The second kappa shape index (κ2) is 7.00. The first-order chi connectivity index (χ1) is 11.6. The molecular weight excluding hydrogens is 306 g/mol. The molecule has 1 saturated heterocycles. The lowest BCUT2D eigenvalue weighted by atomic mass is 10.1. The number of nitrogens with zero attached hydrogens (tertiary/aromatic N) is 4. The Hall–Kier alpha value is -2.41. The Labute approximate surface area is 141 Å². The largest absolute Gasteiger partial charge is 0.496 e. The molecule has 7 nitrogen and oxygen atoms in total. The Morgan fingerprint density at radius 2 is 2.38 bits per heavy atom. The molecule has 0 saturated carbocycles. The van der Waals surface area contributed by atoms with E-state index >= 15 is 0 Å². The number of methoxy groups -OCH3 is 1. The average Bonchev–Trinajstić information content (AvgIpc) is 3.18. The van der Waals surface area contributed by atoms with Crippen molar-refractivity contribution in [2.45, 2.75) is 18.9 Å². The third kappa shape index (κ3) is 3.12. The van der Waals surface area contributed by atoms with Gasteiger partial charge in [0.2, 0.25) is 0 Å². The van der Waals surface area contributed by atoms with Crippen LogP contribution in [-0.4, -0.2) is 58.6 Å². The summed E-state index contributed by atoms with van der Waals surface area (Å²) in [7, 11) is 3.37. The van der Waals surface area contributed by atoms with E-state index in [1.807, 2.05) is 13.1 Å². The summed E-state index contributed by atoms with van der Waals surface area (Å²) in [5.41, 5.74) is 1.99. The number of hydrogen-bond acceptors (Lipinski definition) is 5. The van der Waals surface area contributed by atoms with Gasteiger partial charge in [0, 0.05) is 32.2 Å². The summed E-state index contributed by atoms with van der Waals surface area (Å²) in [6.45, 7) is 6.33. The molecule has 1 aromatic carbocycles. The van der Waals surface area contributed by atoms with Crippen LogP contribution in [-0.2, 0) is 7.05 Å². The van der Waals surface area contributed by atoms with E-state index in [1.165, 1.54) is 0 Å². The van der Waals surface area contributed by atoms with Gasteiger partial charge < -0.3 is 10.1 Å². The van der Waals surface area contributed by atoms with Crippen molar-refractivity contribution in [2.75, 3.05) is 26.7 Å². The van der Waals surface area contributed by atoms with Crippen LogP contribution in [0.4, 0.5) is 0 Å². The van der Waals surface area contributed by atoms with Gasteiger partial charge in [0.25, 0.3) is 5.91 Å². The number of fused-ring (bicyclic) bond motifs is 1. The highest BCUT2D eigenvalue weighted by Gasteiger charge is 2.24. The molecule has 7 heteroatoms. The molecule has 0 radical (unpaired) electrons. The summed E-state index contributed by atoms with van der Waals surface area (Å²) in [6.07, 6.45) is 4.16. The third-order valence-electron chi connectivity index (χ3n) is 4.54. The molecule has 128 valence electrons. The molecular formula is C17H23N5O2. The van der Waals surface area contributed by atoms with Gasteiger partial charge in [-0.15, -0.1) is 11.7 Å². The number of likely N-dealkylation sites (tertiary alicyclic amines) is 1. The number of carbonyl (C=O) groups excluding carboxylic acids is 1. The Kier molecular flexibility index (Phi) is 4.80. The number of nitrogens with one attached hydrogen (secondary N) is 1. The fourth-order valence-electron chi connectivity index (χ4n) is 3.24. The van der Waals surface area contributed by atoms with E-state index < -0.39 is 0 Å². The molecule has 0 bridgehead atoms. The normalized spacial score (nSPS) is 18.0. The van der Waals surface area contributed by atoms with E-state index in [9.17, 15) is 4.79 Å². The molecule has 24 heavy (non-hydrogen) atoms. The van der Waals surface area contributed by atoms with E-state index in [2.05, 4.69) is 27.1 Å². The second-order valence-electron chi connectivity index (χ2n) is 6.04. The number of rotatable bonds is 6. The van der Waals surface area contributed by atoms with Gasteiger partial charge in [-0.25, -0.2) is 4.68 Å². The lowest BCUT2D eigenvalue weighted by molar-refractivity contribution is 0.0939. The van der Waals surface area contributed by atoms with E-state index in [-0.39, 0.29) is 5.91 Å². The molecule has 1 aromatic heterocycles. The minimum Gasteiger partial charge on any atom is -0.496 e. The minimum absolute atomic E-state index is 0.148. The summed E-state index contributed by atoms with van der Waals surface area (Å²) in [4.78, 5) is 15.0. The SMILES string of the molecule is C=CCN1CCCC1CNC(=O)c1cc2nnn(C)c2cc1OC.